The van der Waals surface area contributed by atoms with Gasteiger partial charge in [-0.3, -0.25) is 4.68 Å². The molecule has 1 aromatic heterocycles. The average molecular weight is 415 g/mol. The lowest BCUT2D eigenvalue weighted by Gasteiger charge is -2.19. The molecule has 5 heteroatoms. The van der Waals surface area contributed by atoms with Crippen molar-refractivity contribution in [2.45, 2.75) is 25.7 Å². The summed E-state index contributed by atoms with van der Waals surface area (Å²) in [6.07, 6.45) is 1.90. The number of aryl methyl sites for hydroxylation is 2. The Morgan fingerprint density at radius 1 is 1.29 bits per heavy atom. The van der Waals surface area contributed by atoms with Gasteiger partial charge >= 0.3 is 0 Å². The molecule has 114 valence electrons. The van der Waals surface area contributed by atoms with Crippen LogP contribution >= 0.6 is 31.9 Å². The lowest BCUT2D eigenvalue weighted by atomic mass is 9.94. The summed E-state index contributed by atoms with van der Waals surface area (Å²) >= 11 is 7.39. The number of hydrogen-bond acceptors (Lipinski definition) is 2. The van der Waals surface area contributed by atoms with Crippen LogP contribution in [0.25, 0.3) is 0 Å². The summed E-state index contributed by atoms with van der Waals surface area (Å²) in [5, 5.41) is 7.90. The third-order valence-corrected chi connectivity index (χ3v) is 5.38. The summed E-state index contributed by atoms with van der Waals surface area (Å²) in [6, 6.07) is 8.45. The number of likely N-dealkylation sites (N-methyl/N-ethyl adjacent to an activating group) is 1. The molecule has 1 atom stereocenters. The Balaban J connectivity index is 2.33. The van der Waals surface area contributed by atoms with Crippen molar-refractivity contribution in [3.05, 3.63) is 50.2 Å². The summed E-state index contributed by atoms with van der Waals surface area (Å²) in [7, 11) is 4.02. The molecule has 1 aromatic carbocycles. The molecular formula is C16H21Br2N3. The van der Waals surface area contributed by atoms with E-state index in [-0.39, 0.29) is 0 Å². The first-order valence-electron chi connectivity index (χ1n) is 7.17. The number of nitrogens with one attached hydrogen (secondary N) is 1. The quantitative estimate of drug-likeness (QED) is 0.772. The summed E-state index contributed by atoms with van der Waals surface area (Å²) < 4.78 is 4.32. The van der Waals surface area contributed by atoms with Gasteiger partial charge in [0.2, 0.25) is 0 Å². The van der Waals surface area contributed by atoms with E-state index in [1.165, 1.54) is 15.7 Å². The summed E-state index contributed by atoms with van der Waals surface area (Å²) in [5.41, 5.74) is 3.71. The predicted octanol–water partition coefficient (Wildman–Crippen LogP) is 4.05. The molecule has 0 saturated carbocycles. The Kier molecular flexibility index (Phi) is 6.02. The molecule has 3 nitrogen and oxygen atoms in total. The molecule has 1 heterocycles. The molecule has 0 aliphatic rings. The maximum atomic E-state index is 4.60. The molecule has 0 aliphatic carbocycles. The molecule has 0 bridgehead atoms. The molecule has 21 heavy (non-hydrogen) atoms. The molecule has 2 aromatic rings. The van der Waals surface area contributed by atoms with E-state index in [9.17, 15) is 0 Å². The van der Waals surface area contributed by atoms with Gasteiger partial charge in [0.05, 0.1) is 15.9 Å². The number of halogens is 2. The van der Waals surface area contributed by atoms with Gasteiger partial charge in [-0.2, -0.15) is 5.10 Å². The van der Waals surface area contributed by atoms with E-state index in [1.807, 2.05) is 18.8 Å². The topological polar surface area (TPSA) is 29.9 Å². The van der Waals surface area contributed by atoms with Crippen molar-refractivity contribution in [3.63, 3.8) is 0 Å². The van der Waals surface area contributed by atoms with Crippen LogP contribution in [0.4, 0.5) is 0 Å². The summed E-state index contributed by atoms with van der Waals surface area (Å²) in [5.74, 6) is 0.405. The first kappa shape index (κ1) is 16.7. The molecule has 0 saturated heterocycles. The average Bonchev–Trinajstić information content (AvgIpc) is 2.74. The fraction of sp³-hybridized carbons (Fsp3) is 0.438. The van der Waals surface area contributed by atoms with Crippen LogP contribution in [-0.2, 0) is 19.9 Å². The normalized spacial score (nSPS) is 12.6. The van der Waals surface area contributed by atoms with Crippen LogP contribution < -0.4 is 5.32 Å². The van der Waals surface area contributed by atoms with Gasteiger partial charge in [0.25, 0.3) is 0 Å². The fourth-order valence-electron chi connectivity index (χ4n) is 2.62. The predicted molar refractivity (Wildman–Crippen MR) is 94.8 cm³/mol. The standard InChI is InChI=1S/C16H21Br2N3/c1-4-14-16(18)15(21(3)20-14)9-11(10-19-2)12-7-5-6-8-13(12)17/h5-8,11,19H,4,9-10H2,1-3H3. The van der Waals surface area contributed by atoms with Crippen molar-refractivity contribution >= 4 is 31.9 Å². The number of benzene rings is 1. The van der Waals surface area contributed by atoms with Crippen LogP contribution in [-0.4, -0.2) is 23.4 Å². The maximum Gasteiger partial charge on any atom is 0.0766 e. The number of aromatic nitrogens is 2. The minimum atomic E-state index is 0.405. The van der Waals surface area contributed by atoms with E-state index in [0.717, 1.165) is 29.6 Å². The number of nitrogens with zero attached hydrogens (tertiary/aromatic N) is 2. The molecule has 0 spiro atoms. The lowest BCUT2D eigenvalue weighted by molar-refractivity contribution is 0.588. The van der Waals surface area contributed by atoms with Crippen LogP contribution in [0.2, 0.25) is 0 Å². The first-order chi connectivity index (χ1) is 10.1. The van der Waals surface area contributed by atoms with E-state index in [4.69, 9.17) is 0 Å². The van der Waals surface area contributed by atoms with Crippen molar-refractivity contribution in [1.29, 1.82) is 0 Å². The second kappa shape index (κ2) is 7.56. The van der Waals surface area contributed by atoms with Crippen LogP contribution in [0.1, 0.15) is 29.8 Å². The Morgan fingerprint density at radius 3 is 2.57 bits per heavy atom. The molecule has 1 unspecified atom stereocenters. The largest absolute Gasteiger partial charge is 0.319 e. The van der Waals surface area contributed by atoms with E-state index in [0.29, 0.717) is 5.92 Å². The molecular weight excluding hydrogens is 394 g/mol. The lowest BCUT2D eigenvalue weighted by Crippen LogP contribution is -2.20. The van der Waals surface area contributed by atoms with Crippen LogP contribution in [0.15, 0.2) is 33.2 Å². The Morgan fingerprint density at radius 2 is 2.00 bits per heavy atom. The molecule has 0 radical (unpaired) electrons. The third-order valence-electron chi connectivity index (χ3n) is 3.74. The fourth-order valence-corrected chi connectivity index (χ4v) is 4.01. The Bertz CT molecular complexity index is 608. The minimum Gasteiger partial charge on any atom is -0.319 e. The SMILES string of the molecule is CCc1nn(C)c(CC(CNC)c2ccccc2Br)c1Br. The van der Waals surface area contributed by atoms with E-state index >= 15 is 0 Å². The highest BCUT2D eigenvalue weighted by Gasteiger charge is 2.20. The maximum absolute atomic E-state index is 4.60. The second-order valence-electron chi connectivity index (χ2n) is 5.16. The van der Waals surface area contributed by atoms with Crippen molar-refractivity contribution in [2.24, 2.45) is 7.05 Å². The highest BCUT2D eigenvalue weighted by Crippen LogP contribution is 2.31. The zero-order valence-corrected chi connectivity index (χ0v) is 15.8. The molecule has 0 amide bonds. The second-order valence-corrected chi connectivity index (χ2v) is 6.81. The van der Waals surface area contributed by atoms with Gasteiger partial charge in [-0.05, 0) is 47.4 Å². The van der Waals surface area contributed by atoms with Crippen molar-refractivity contribution in [3.8, 4) is 0 Å². The van der Waals surface area contributed by atoms with E-state index < -0.39 is 0 Å². The van der Waals surface area contributed by atoms with Crippen LogP contribution in [0, 0.1) is 0 Å². The molecule has 0 fully saturated rings. The van der Waals surface area contributed by atoms with Gasteiger partial charge in [0.15, 0.2) is 0 Å². The first-order valence-corrected chi connectivity index (χ1v) is 8.76. The van der Waals surface area contributed by atoms with Crippen molar-refractivity contribution in [1.82, 2.24) is 15.1 Å². The molecule has 2 rings (SSSR count). The van der Waals surface area contributed by atoms with Gasteiger partial charge < -0.3 is 5.32 Å². The highest BCUT2D eigenvalue weighted by atomic mass is 79.9. The monoisotopic (exact) mass is 413 g/mol. The molecule has 0 aliphatic heterocycles. The Hall–Kier alpha value is -0.650. The summed E-state index contributed by atoms with van der Waals surface area (Å²) in [6.45, 7) is 3.07. The highest BCUT2D eigenvalue weighted by molar-refractivity contribution is 9.10. The smallest absolute Gasteiger partial charge is 0.0766 e. The summed E-state index contributed by atoms with van der Waals surface area (Å²) in [4.78, 5) is 0. The van der Waals surface area contributed by atoms with Crippen molar-refractivity contribution < 1.29 is 0 Å². The van der Waals surface area contributed by atoms with Gasteiger partial charge in [-0.1, -0.05) is 41.1 Å². The van der Waals surface area contributed by atoms with E-state index in [2.05, 4.69) is 73.5 Å². The van der Waals surface area contributed by atoms with Gasteiger partial charge in [0, 0.05) is 24.0 Å². The van der Waals surface area contributed by atoms with Gasteiger partial charge in [-0.25, -0.2) is 0 Å². The van der Waals surface area contributed by atoms with E-state index in [1.54, 1.807) is 0 Å². The molecule has 1 N–H and O–H groups in total. The third kappa shape index (κ3) is 3.76. The van der Waals surface area contributed by atoms with Gasteiger partial charge in [0.1, 0.15) is 0 Å². The van der Waals surface area contributed by atoms with Gasteiger partial charge in [-0.15, -0.1) is 0 Å². The number of rotatable bonds is 6. The zero-order valence-electron chi connectivity index (χ0n) is 12.7. The minimum absolute atomic E-state index is 0.405. The van der Waals surface area contributed by atoms with Crippen molar-refractivity contribution in [2.75, 3.05) is 13.6 Å². The van der Waals surface area contributed by atoms with Crippen LogP contribution in [0.3, 0.4) is 0 Å². The number of hydrogen-bond donors (Lipinski definition) is 1. The zero-order chi connectivity index (χ0) is 15.4. The van der Waals surface area contributed by atoms with Crippen LogP contribution in [0.5, 0.6) is 0 Å². The Labute approximate surface area is 143 Å².